The van der Waals surface area contributed by atoms with Crippen molar-refractivity contribution < 1.29 is 9.84 Å². The van der Waals surface area contributed by atoms with Crippen LogP contribution >= 0.6 is 0 Å². The highest BCUT2D eigenvalue weighted by atomic mass is 16.5. The predicted octanol–water partition coefficient (Wildman–Crippen LogP) is 1.16. The van der Waals surface area contributed by atoms with Gasteiger partial charge in [0.25, 0.3) is 0 Å². The molecule has 1 atom stereocenters. The van der Waals surface area contributed by atoms with Crippen LogP contribution in [0.5, 0.6) is 5.75 Å². The van der Waals surface area contributed by atoms with Crippen LogP contribution in [0.25, 0.3) is 0 Å². The lowest BCUT2D eigenvalue weighted by atomic mass is 10.1. The van der Waals surface area contributed by atoms with E-state index in [4.69, 9.17) is 10.5 Å². The van der Waals surface area contributed by atoms with Crippen LogP contribution in [0, 0.1) is 6.92 Å². The van der Waals surface area contributed by atoms with Crippen molar-refractivity contribution in [2.45, 2.75) is 31.9 Å². The lowest BCUT2D eigenvalue weighted by Crippen LogP contribution is -2.44. The van der Waals surface area contributed by atoms with Crippen LogP contribution in [0.4, 0.5) is 0 Å². The van der Waals surface area contributed by atoms with Gasteiger partial charge in [0.1, 0.15) is 18.5 Å². The van der Waals surface area contributed by atoms with E-state index in [1.54, 1.807) is 0 Å². The summed E-state index contributed by atoms with van der Waals surface area (Å²) >= 11 is 0. The minimum Gasteiger partial charge on any atom is -0.491 e. The highest BCUT2D eigenvalue weighted by Crippen LogP contribution is 2.12. The SMILES string of the molecule is Cc1ccc(OCC(O)CN2CCC(N)CC2)cc1. The number of aliphatic hydroxyl groups excluding tert-OH is 1. The van der Waals surface area contributed by atoms with Crippen LogP contribution in [0.2, 0.25) is 0 Å². The van der Waals surface area contributed by atoms with Gasteiger partial charge < -0.3 is 20.5 Å². The fraction of sp³-hybridized carbons (Fsp3) is 0.600. The van der Waals surface area contributed by atoms with Gasteiger partial charge in [-0.15, -0.1) is 0 Å². The Bertz CT molecular complexity index is 372. The zero-order chi connectivity index (χ0) is 13.7. The molecular formula is C15H24N2O2. The zero-order valence-corrected chi connectivity index (χ0v) is 11.6. The monoisotopic (exact) mass is 264 g/mol. The van der Waals surface area contributed by atoms with E-state index in [2.05, 4.69) is 4.90 Å². The summed E-state index contributed by atoms with van der Waals surface area (Å²) in [6.45, 7) is 5.00. The molecule has 0 spiro atoms. The summed E-state index contributed by atoms with van der Waals surface area (Å²) in [5.41, 5.74) is 7.07. The zero-order valence-electron chi connectivity index (χ0n) is 11.6. The third kappa shape index (κ3) is 4.82. The van der Waals surface area contributed by atoms with E-state index in [0.717, 1.165) is 31.7 Å². The van der Waals surface area contributed by atoms with Crippen molar-refractivity contribution in [3.05, 3.63) is 29.8 Å². The Balaban J connectivity index is 1.69. The van der Waals surface area contributed by atoms with Crippen molar-refractivity contribution in [2.75, 3.05) is 26.2 Å². The summed E-state index contributed by atoms with van der Waals surface area (Å²) in [5.74, 6) is 0.810. The number of piperidine rings is 1. The Morgan fingerprint density at radius 2 is 1.95 bits per heavy atom. The van der Waals surface area contributed by atoms with Gasteiger partial charge in [0.2, 0.25) is 0 Å². The van der Waals surface area contributed by atoms with Crippen molar-refractivity contribution in [2.24, 2.45) is 5.73 Å². The molecule has 106 valence electrons. The van der Waals surface area contributed by atoms with Gasteiger partial charge in [-0.1, -0.05) is 17.7 Å². The van der Waals surface area contributed by atoms with E-state index in [0.29, 0.717) is 19.2 Å². The summed E-state index contributed by atoms with van der Waals surface area (Å²) in [6, 6.07) is 8.21. The molecule has 0 radical (unpaired) electrons. The van der Waals surface area contributed by atoms with Crippen LogP contribution in [-0.2, 0) is 0 Å². The number of nitrogens with zero attached hydrogens (tertiary/aromatic N) is 1. The molecule has 0 aromatic heterocycles. The average Bonchev–Trinajstić information content (AvgIpc) is 2.41. The molecule has 4 heteroatoms. The van der Waals surface area contributed by atoms with Crippen LogP contribution in [0.3, 0.4) is 0 Å². The van der Waals surface area contributed by atoms with Gasteiger partial charge >= 0.3 is 0 Å². The van der Waals surface area contributed by atoms with Crippen LogP contribution < -0.4 is 10.5 Å². The first-order chi connectivity index (χ1) is 9.13. The lowest BCUT2D eigenvalue weighted by molar-refractivity contribution is 0.0597. The molecule has 2 rings (SSSR count). The Kier molecular flexibility index (Phi) is 5.19. The standard InChI is InChI=1S/C15H24N2O2/c1-12-2-4-15(5-3-12)19-11-14(18)10-17-8-6-13(16)7-9-17/h2-5,13-14,18H,6-11,16H2,1H3. The summed E-state index contributed by atoms with van der Waals surface area (Å²) < 4.78 is 5.58. The van der Waals surface area contributed by atoms with Gasteiger partial charge in [-0.2, -0.15) is 0 Å². The smallest absolute Gasteiger partial charge is 0.119 e. The Morgan fingerprint density at radius 1 is 1.32 bits per heavy atom. The van der Waals surface area contributed by atoms with E-state index in [1.807, 2.05) is 31.2 Å². The molecule has 1 heterocycles. The van der Waals surface area contributed by atoms with Gasteiger partial charge in [-0.05, 0) is 45.0 Å². The van der Waals surface area contributed by atoms with E-state index in [1.165, 1.54) is 5.56 Å². The molecular weight excluding hydrogens is 240 g/mol. The molecule has 1 aromatic rings. The van der Waals surface area contributed by atoms with Crippen LogP contribution in [-0.4, -0.2) is 48.4 Å². The number of aryl methyl sites for hydroxylation is 1. The van der Waals surface area contributed by atoms with Crippen LogP contribution in [0.1, 0.15) is 18.4 Å². The third-order valence-corrected chi connectivity index (χ3v) is 3.56. The Morgan fingerprint density at radius 3 is 2.58 bits per heavy atom. The summed E-state index contributed by atoms with van der Waals surface area (Å²) in [7, 11) is 0. The molecule has 0 amide bonds. The normalized spacial score (nSPS) is 19.3. The van der Waals surface area contributed by atoms with Gasteiger partial charge in [0.15, 0.2) is 0 Å². The second-order valence-corrected chi connectivity index (χ2v) is 5.42. The number of β-amino-alcohol motifs (C(OH)–C–C–N with tert-alkyl or cyclic N) is 1. The molecule has 4 nitrogen and oxygen atoms in total. The van der Waals surface area contributed by atoms with E-state index in [-0.39, 0.29) is 0 Å². The summed E-state index contributed by atoms with van der Waals surface area (Å²) in [5, 5.41) is 9.99. The van der Waals surface area contributed by atoms with Crippen molar-refractivity contribution in [3.63, 3.8) is 0 Å². The highest BCUT2D eigenvalue weighted by Gasteiger charge is 2.18. The number of rotatable bonds is 5. The number of aliphatic hydroxyl groups is 1. The first-order valence-corrected chi connectivity index (χ1v) is 6.99. The van der Waals surface area contributed by atoms with Gasteiger partial charge in [-0.25, -0.2) is 0 Å². The maximum atomic E-state index is 9.99. The molecule has 1 aromatic carbocycles. The van der Waals surface area contributed by atoms with Gasteiger partial charge in [0, 0.05) is 12.6 Å². The maximum absolute atomic E-state index is 9.99. The minimum absolute atomic E-state index is 0.331. The first-order valence-electron chi connectivity index (χ1n) is 6.99. The molecule has 1 fully saturated rings. The quantitative estimate of drug-likeness (QED) is 0.838. The molecule has 1 aliphatic heterocycles. The number of hydrogen-bond donors (Lipinski definition) is 2. The Hall–Kier alpha value is -1.10. The second-order valence-electron chi connectivity index (χ2n) is 5.42. The molecule has 1 saturated heterocycles. The highest BCUT2D eigenvalue weighted by molar-refractivity contribution is 5.26. The maximum Gasteiger partial charge on any atom is 0.119 e. The topological polar surface area (TPSA) is 58.7 Å². The number of ether oxygens (including phenoxy) is 1. The van der Waals surface area contributed by atoms with Crippen molar-refractivity contribution in [1.82, 2.24) is 4.90 Å². The average molecular weight is 264 g/mol. The molecule has 1 unspecified atom stereocenters. The number of benzene rings is 1. The molecule has 0 aliphatic carbocycles. The molecule has 1 aliphatic rings. The first kappa shape index (κ1) is 14.3. The number of hydrogen-bond acceptors (Lipinski definition) is 4. The summed E-state index contributed by atoms with van der Waals surface area (Å²) in [6.07, 6.45) is 1.59. The predicted molar refractivity (Wildman–Crippen MR) is 76.3 cm³/mol. The van der Waals surface area contributed by atoms with Crippen molar-refractivity contribution >= 4 is 0 Å². The molecule has 19 heavy (non-hydrogen) atoms. The van der Waals surface area contributed by atoms with E-state index in [9.17, 15) is 5.11 Å². The van der Waals surface area contributed by atoms with Crippen molar-refractivity contribution in [1.29, 1.82) is 0 Å². The fourth-order valence-electron chi connectivity index (χ4n) is 2.31. The summed E-state index contributed by atoms with van der Waals surface area (Å²) in [4.78, 5) is 2.26. The largest absolute Gasteiger partial charge is 0.491 e. The van der Waals surface area contributed by atoms with E-state index < -0.39 is 6.10 Å². The third-order valence-electron chi connectivity index (χ3n) is 3.56. The fourth-order valence-corrected chi connectivity index (χ4v) is 2.31. The molecule has 0 bridgehead atoms. The molecule has 0 saturated carbocycles. The lowest BCUT2D eigenvalue weighted by Gasteiger charge is -2.31. The minimum atomic E-state index is -0.448. The van der Waals surface area contributed by atoms with Gasteiger partial charge in [0.05, 0.1) is 0 Å². The Labute approximate surface area is 115 Å². The second kappa shape index (κ2) is 6.89. The number of nitrogens with two attached hydrogens (primary N) is 1. The van der Waals surface area contributed by atoms with Crippen LogP contribution in [0.15, 0.2) is 24.3 Å². The van der Waals surface area contributed by atoms with E-state index >= 15 is 0 Å². The van der Waals surface area contributed by atoms with Crippen molar-refractivity contribution in [3.8, 4) is 5.75 Å². The van der Waals surface area contributed by atoms with Gasteiger partial charge in [-0.3, -0.25) is 0 Å². The number of likely N-dealkylation sites (tertiary alicyclic amines) is 1. The molecule has 3 N–H and O–H groups in total.